The van der Waals surface area contributed by atoms with Crippen molar-refractivity contribution in [2.45, 2.75) is 85.2 Å². The van der Waals surface area contributed by atoms with E-state index in [1.54, 1.807) is 6.92 Å². The molecule has 0 aromatic carbocycles. The Kier molecular flexibility index (Phi) is 4.55. The van der Waals surface area contributed by atoms with Gasteiger partial charge in [0.05, 0.1) is 0 Å². The number of carbonyl (C=O) groups is 3. The molecule has 4 heteroatoms. The Hall–Kier alpha value is -1.19. The van der Waals surface area contributed by atoms with Gasteiger partial charge in [0.25, 0.3) is 0 Å². The van der Waals surface area contributed by atoms with Gasteiger partial charge in [-0.3, -0.25) is 14.4 Å². The molecule has 4 nitrogen and oxygen atoms in total. The molecule has 0 N–H and O–H groups in total. The number of Topliss-reactive ketones (excluding diaryl/α,β-unsaturated/α-hetero) is 2. The van der Waals surface area contributed by atoms with Gasteiger partial charge >= 0.3 is 5.97 Å². The van der Waals surface area contributed by atoms with Crippen LogP contribution in [0.4, 0.5) is 0 Å². The highest BCUT2D eigenvalue weighted by Gasteiger charge is 2.63. The summed E-state index contributed by atoms with van der Waals surface area (Å²) in [5, 5.41) is 0. The first-order valence-electron chi connectivity index (χ1n) is 10.9. The number of rotatable bonds is 2. The Balaban J connectivity index is 1.60. The lowest BCUT2D eigenvalue weighted by Crippen LogP contribution is -2.58. The molecule has 27 heavy (non-hydrogen) atoms. The molecule has 0 bridgehead atoms. The van der Waals surface area contributed by atoms with Gasteiger partial charge in [-0.25, -0.2) is 0 Å². The van der Waals surface area contributed by atoms with Crippen molar-refractivity contribution in [1.29, 1.82) is 0 Å². The average Bonchev–Trinajstić information content (AvgIpc) is 2.91. The summed E-state index contributed by atoms with van der Waals surface area (Å²) >= 11 is 0. The molecular weight excluding hydrogens is 340 g/mol. The summed E-state index contributed by atoms with van der Waals surface area (Å²) in [6.45, 7) is 7.75. The van der Waals surface area contributed by atoms with Crippen LogP contribution in [0.25, 0.3) is 0 Å². The second-order valence-electron chi connectivity index (χ2n) is 10.4. The molecule has 0 saturated heterocycles. The lowest BCUT2D eigenvalue weighted by molar-refractivity contribution is -0.169. The zero-order valence-electron chi connectivity index (χ0n) is 17.3. The summed E-state index contributed by atoms with van der Waals surface area (Å²) in [5.41, 5.74) is -0.0888. The first-order valence-corrected chi connectivity index (χ1v) is 10.9. The van der Waals surface area contributed by atoms with Crippen LogP contribution in [0.2, 0.25) is 0 Å². The number of esters is 1. The molecule has 4 fully saturated rings. The van der Waals surface area contributed by atoms with Crippen LogP contribution in [-0.4, -0.2) is 23.6 Å². The molecule has 0 aliphatic heterocycles. The third-order valence-corrected chi connectivity index (χ3v) is 9.12. The Morgan fingerprint density at radius 3 is 2.41 bits per heavy atom. The van der Waals surface area contributed by atoms with Gasteiger partial charge in [-0.1, -0.05) is 13.8 Å². The fourth-order valence-electron chi connectivity index (χ4n) is 8.04. The number of hydrogen-bond acceptors (Lipinski definition) is 4. The van der Waals surface area contributed by atoms with Crippen molar-refractivity contribution in [2.75, 3.05) is 0 Å². The summed E-state index contributed by atoms with van der Waals surface area (Å²) in [7, 11) is 0. The number of carbonyl (C=O) groups excluding carboxylic acids is 3. The number of hydrogen-bond donors (Lipinski definition) is 0. The van der Waals surface area contributed by atoms with E-state index in [2.05, 4.69) is 13.8 Å². The number of ether oxygens (including phenoxy) is 1. The van der Waals surface area contributed by atoms with Gasteiger partial charge in [-0.2, -0.15) is 0 Å². The number of ketones is 2. The SMILES string of the molecule is CC(=O)O[C@@H]1CC[C@]2(C)[C@H](CC[C@H]3[C@H]2C(=O)C[C@]2(C)[C@@H](C(C)=O)CC[C@@H]32)C1. The van der Waals surface area contributed by atoms with Crippen LogP contribution < -0.4 is 0 Å². The van der Waals surface area contributed by atoms with Crippen LogP contribution in [0.1, 0.15) is 79.1 Å². The third kappa shape index (κ3) is 2.81. The molecule has 0 aromatic heterocycles. The highest BCUT2D eigenvalue weighted by atomic mass is 16.5. The molecule has 150 valence electrons. The smallest absolute Gasteiger partial charge is 0.302 e. The van der Waals surface area contributed by atoms with Gasteiger partial charge in [0.15, 0.2) is 0 Å². The molecule has 4 aliphatic rings. The quantitative estimate of drug-likeness (QED) is 0.675. The van der Waals surface area contributed by atoms with Crippen molar-refractivity contribution in [3.05, 3.63) is 0 Å². The number of fused-ring (bicyclic) bond motifs is 5. The summed E-state index contributed by atoms with van der Waals surface area (Å²) in [5.74, 6) is 2.11. The Bertz CT molecular complexity index is 669. The van der Waals surface area contributed by atoms with E-state index in [0.29, 0.717) is 30.0 Å². The fourth-order valence-corrected chi connectivity index (χ4v) is 8.04. The fraction of sp³-hybridized carbons (Fsp3) is 0.870. The van der Waals surface area contributed by atoms with Crippen LogP contribution in [0, 0.1) is 40.4 Å². The Morgan fingerprint density at radius 2 is 1.74 bits per heavy atom. The largest absolute Gasteiger partial charge is 0.463 e. The molecule has 0 radical (unpaired) electrons. The topological polar surface area (TPSA) is 60.4 Å². The van der Waals surface area contributed by atoms with Gasteiger partial charge in [0.2, 0.25) is 0 Å². The molecule has 0 unspecified atom stereocenters. The molecule has 4 rings (SSSR count). The lowest BCUT2D eigenvalue weighted by atomic mass is 9.44. The van der Waals surface area contributed by atoms with Crippen LogP contribution in [-0.2, 0) is 19.1 Å². The third-order valence-electron chi connectivity index (χ3n) is 9.12. The van der Waals surface area contributed by atoms with Gasteiger partial charge in [0, 0.05) is 25.2 Å². The molecule has 0 spiro atoms. The second kappa shape index (κ2) is 6.42. The first kappa shape index (κ1) is 19.1. The van der Waals surface area contributed by atoms with E-state index in [0.717, 1.165) is 44.9 Å². The van der Waals surface area contributed by atoms with E-state index >= 15 is 0 Å². The molecule has 4 saturated carbocycles. The molecule has 0 heterocycles. The van der Waals surface area contributed by atoms with Crippen molar-refractivity contribution < 1.29 is 19.1 Å². The van der Waals surface area contributed by atoms with Crippen molar-refractivity contribution in [3.63, 3.8) is 0 Å². The van der Waals surface area contributed by atoms with E-state index in [-0.39, 0.29) is 40.5 Å². The van der Waals surface area contributed by atoms with Crippen molar-refractivity contribution in [2.24, 2.45) is 40.4 Å². The van der Waals surface area contributed by atoms with Crippen molar-refractivity contribution in [3.8, 4) is 0 Å². The molecule has 8 atom stereocenters. The summed E-state index contributed by atoms with van der Waals surface area (Å²) in [4.78, 5) is 37.1. The van der Waals surface area contributed by atoms with Crippen molar-refractivity contribution in [1.82, 2.24) is 0 Å². The van der Waals surface area contributed by atoms with Crippen LogP contribution in [0.3, 0.4) is 0 Å². The second-order valence-corrected chi connectivity index (χ2v) is 10.4. The minimum Gasteiger partial charge on any atom is -0.463 e. The van der Waals surface area contributed by atoms with Crippen molar-refractivity contribution >= 4 is 17.5 Å². The van der Waals surface area contributed by atoms with Crippen LogP contribution >= 0.6 is 0 Å². The highest BCUT2D eigenvalue weighted by Crippen LogP contribution is 2.66. The van der Waals surface area contributed by atoms with E-state index in [9.17, 15) is 14.4 Å². The van der Waals surface area contributed by atoms with Crippen LogP contribution in [0.15, 0.2) is 0 Å². The molecule has 0 amide bonds. The minimum absolute atomic E-state index is 0.0228. The molecule has 4 aliphatic carbocycles. The Labute approximate surface area is 162 Å². The van der Waals surface area contributed by atoms with E-state index in [1.807, 2.05) is 0 Å². The maximum Gasteiger partial charge on any atom is 0.302 e. The van der Waals surface area contributed by atoms with E-state index < -0.39 is 0 Å². The van der Waals surface area contributed by atoms with E-state index in [4.69, 9.17) is 4.74 Å². The predicted molar refractivity (Wildman–Crippen MR) is 102 cm³/mol. The predicted octanol–water partition coefficient (Wildman–Crippen LogP) is 4.35. The highest BCUT2D eigenvalue weighted by molar-refractivity contribution is 5.87. The van der Waals surface area contributed by atoms with Crippen LogP contribution in [0.5, 0.6) is 0 Å². The zero-order chi connectivity index (χ0) is 19.6. The average molecular weight is 375 g/mol. The normalized spacial score (nSPS) is 49.0. The van der Waals surface area contributed by atoms with Gasteiger partial charge < -0.3 is 4.74 Å². The maximum absolute atomic E-state index is 13.5. The summed E-state index contributed by atoms with van der Waals surface area (Å²) in [6.07, 6.45) is 7.64. The Morgan fingerprint density at radius 1 is 1.00 bits per heavy atom. The molecule has 0 aromatic rings. The summed E-state index contributed by atoms with van der Waals surface area (Å²) in [6, 6.07) is 0. The zero-order valence-corrected chi connectivity index (χ0v) is 17.3. The van der Waals surface area contributed by atoms with Gasteiger partial charge in [0.1, 0.15) is 17.7 Å². The standard InChI is InChI=1S/C23H34O4/c1-13(24)18-7-8-19-17-6-5-15-11-16(27-14(2)25)9-10-22(15,3)21(17)20(26)12-23(18,19)4/h15-19,21H,5-12H2,1-4H3/t15-,16-,17-,18-,19+,21+,22-,23-/m1/s1. The molecular formula is C23H34O4. The maximum atomic E-state index is 13.5. The van der Waals surface area contributed by atoms with E-state index in [1.165, 1.54) is 6.92 Å². The monoisotopic (exact) mass is 374 g/mol. The lowest BCUT2D eigenvalue weighted by Gasteiger charge is -2.59. The first-order chi connectivity index (χ1) is 12.7. The van der Waals surface area contributed by atoms with Gasteiger partial charge in [-0.15, -0.1) is 0 Å². The minimum atomic E-state index is -0.192. The van der Waals surface area contributed by atoms with Gasteiger partial charge in [-0.05, 0) is 80.5 Å². The summed E-state index contributed by atoms with van der Waals surface area (Å²) < 4.78 is 5.51.